The zero-order chi connectivity index (χ0) is 8.27. The van der Waals surface area contributed by atoms with Crippen molar-refractivity contribution in [1.82, 2.24) is 10.2 Å². The van der Waals surface area contributed by atoms with Crippen LogP contribution in [0.2, 0.25) is 0 Å². The Bertz CT molecular complexity index is 145. The predicted molar refractivity (Wildman–Crippen MR) is 43.2 cm³/mol. The van der Waals surface area contributed by atoms with E-state index in [0.29, 0.717) is 19.1 Å². The van der Waals surface area contributed by atoms with Crippen molar-refractivity contribution in [3.05, 3.63) is 0 Å². The molecular weight excluding hydrogens is 142 g/mol. The molecule has 64 valence electrons. The maximum atomic E-state index is 11.1. The molecule has 1 aliphatic carbocycles. The van der Waals surface area contributed by atoms with Crippen LogP contribution in [0.3, 0.4) is 0 Å². The highest BCUT2D eigenvalue weighted by atomic mass is 16.2. The van der Waals surface area contributed by atoms with Crippen LogP contribution in [-0.2, 0) is 0 Å². The molecule has 0 aromatic carbocycles. The van der Waals surface area contributed by atoms with Crippen molar-refractivity contribution < 1.29 is 4.79 Å². The lowest BCUT2D eigenvalue weighted by Crippen LogP contribution is -2.40. The molecular formula is C7H15N3O. The molecule has 1 fully saturated rings. The summed E-state index contributed by atoms with van der Waals surface area (Å²) < 4.78 is 0. The lowest BCUT2D eigenvalue weighted by Gasteiger charge is -2.16. The Morgan fingerprint density at radius 3 is 2.82 bits per heavy atom. The molecule has 0 spiro atoms. The van der Waals surface area contributed by atoms with Crippen molar-refractivity contribution >= 4 is 6.03 Å². The van der Waals surface area contributed by atoms with Gasteiger partial charge in [0.2, 0.25) is 0 Å². The number of rotatable bonds is 3. The summed E-state index contributed by atoms with van der Waals surface area (Å²) in [6.45, 7) is 1.07. The summed E-state index contributed by atoms with van der Waals surface area (Å²) in [7, 11) is 1.82. The lowest BCUT2D eigenvalue weighted by molar-refractivity contribution is 0.207. The minimum Gasteiger partial charge on any atom is -0.337 e. The van der Waals surface area contributed by atoms with Crippen LogP contribution in [0.15, 0.2) is 0 Å². The lowest BCUT2D eigenvalue weighted by atomic mass is 10.6. The van der Waals surface area contributed by atoms with E-state index in [-0.39, 0.29) is 6.03 Å². The summed E-state index contributed by atoms with van der Waals surface area (Å²) in [6, 6.07) is 0.478. The van der Waals surface area contributed by atoms with Crippen LogP contribution in [0.5, 0.6) is 0 Å². The Balaban J connectivity index is 2.16. The number of carbonyl (C=O) groups excluding carboxylic acids is 1. The van der Waals surface area contributed by atoms with E-state index in [0.717, 1.165) is 12.8 Å². The minimum atomic E-state index is -0.00190. The molecule has 0 unspecified atom stereocenters. The molecule has 11 heavy (non-hydrogen) atoms. The Kier molecular flexibility index (Phi) is 2.70. The smallest absolute Gasteiger partial charge is 0.317 e. The zero-order valence-corrected chi connectivity index (χ0v) is 6.84. The third-order valence-corrected chi connectivity index (χ3v) is 1.84. The summed E-state index contributed by atoms with van der Waals surface area (Å²) in [5, 5.41) is 2.72. The number of urea groups is 1. The molecule has 0 aromatic heterocycles. The quantitative estimate of drug-likeness (QED) is 0.593. The largest absolute Gasteiger partial charge is 0.337 e. The highest BCUT2D eigenvalue weighted by Gasteiger charge is 2.29. The molecule has 0 saturated heterocycles. The number of hydrogen-bond donors (Lipinski definition) is 2. The molecule has 0 aromatic rings. The predicted octanol–water partition coefficient (Wildman–Crippen LogP) is -0.251. The number of nitrogens with two attached hydrogens (primary N) is 1. The van der Waals surface area contributed by atoms with E-state index in [1.165, 1.54) is 0 Å². The van der Waals surface area contributed by atoms with Crippen LogP contribution in [-0.4, -0.2) is 37.1 Å². The van der Waals surface area contributed by atoms with Gasteiger partial charge in [-0.3, -0.25) is 0 Å². The van der Waals surface area contributed by atoms with Gasteiger partial charge in [0.15, 0.2) is 0 Å². The van der Waals surface area contributed by atoms with Gasteiger partial charge in [-0.2, -0.15) is 0 Å². The van der Waals surface area contributed by atoms with Gasteiger partial charge < -0.3 is 16.0 Å². The minimum absolute atomic E-state index is 0.00190. The number of carbonyl (C=O) groups is 1. The second kappa shape index (κ2) is 3.57. The fourth-order valence-electron chi connectivity index (χ4n) is 0.931. The fraction of sp³-hybridized carbons (Fsp3) is 0.857. The maximum absolute atomic E-state index is 11.1. The van der Waals surface area contributed by atoms with Gasteiger partial charge in [0.25, 0.3) is 0 Å². The Labute approximate surface area is 66.7 Å². The molecule has 4 heteroatoms. The topological polar surface area (TPSA) is 58.4 Å². The van der Waals surface area contributed by atoms with Gasteiger partial charge in [-0.25, -0.2) is 4.79 Å². The van der Waals surface area contributed by atoms with Gasteiger partial charge in [0, 0.05) is 26.2 Å². The van der Waals surface area contributed by atoms with Crippen LogP contribution >= 0.6 is 0 Å². The van der Waals surface area contributed by atoms with Gasteiger partial charge in [-0.1, -0.05) is 0 Å². The fourth-order valence-corrected chi connectivity index (χ4v) is 0.931. The van der Waals surface area contributed by atoms with E-state index in [1.54, 1.807) is 4.90 Å². The summed E-state index contributed by atoms with van der Waals surface area (Å²) in [6.07, 6.45) is 2.29. The highest BCUT2D eigenvalue weighted by molar-refractivity contribution is 5.74. The summed E-state index contributed by atoms with van der Waals surface area (Å²) in [5.74, 6) is 0. The zero-order valence-electron chi connectivity index (χ0n) is 6.84. The second-order valence-electron chi connectivity index (χ2n) is 2.86. The number of hydrogen-bond acceptors (Lipinski definition) is 2. The first-order chi connectivity index (χ1) is 5.25. The van der Waals surface area contributed by atoms with Crippen LogP contribution in [0.25, 0.3) is 0 Å². The molecule has 0 radical (unpaired) electrons. The Hall–Kier alpha value is -0.770. The van der Waals surface area contributed by atoms with E-state index in [4.69, 9.17) is 5.73 Å². The van der Waals surface area contributed by atoms with Crippen LogP contribution < -0.4 is 11.1 Å². The van der Waals surface area contributed by atoms with Crippen molar-refractivity contribution in [3.63, 3.8) is 0 Å². The van der Waals surface area contributed by atoms with Crippen LogP contribution in [0.1, 0.15) is 12.8 Å². The van der Waals surface area contributed by atoms with Gasteiger partial charge in [-0.05, 0) is 12.8 Å². The molecule has 1 rings (SSSR count). The number of amides is 2. The van der Waals surface area contributed by atoms with Crippen LogP contribution in [0, 0.1) is 0 Å². The van der Waals surface area contributed by atoms with Crippen LogP contribution in [0.4, 0.5) is 4.79 Å². The van der Waals surface area contributed by atoms with E-state index < -0.39 is 0 Å². The van der Waals surface area contributed by atoms with Crippen molar-refractivity contribution in [2.24, 2.45) is 5.73 Å². The highest BCUT2D eigenvalue weighted by Crippen LogP contribution is 2.24. The van der Waals surface area contributed by atoms with Gasteiger partial charge in [0.05, 0.1) is 0 Å². The Morgan fingerprint density at radius 2 is 2.36 bits per heavy atom. The Morgan fingerprint density at radius 1 is 1.73 bits per heavy atom. The first-order valence-corrected chi connectivity index (χ1v) is 3.96. The molecule has 4 nitrogen and oxygen atoms in total. The molecule has 1 aliphatic rings. The number of nitrogens with zero attached hydrogens (tertiary/aromatic N) is 1. The standard InChI is InChI=1S/C7H15N3O/c1-10(6-2-3-6)7(11)9-5-4-8/h6H,2-5,8H2,1H3,(H,9,11). The molecule has 1 saturated carbocycles. The second-order valence-corrected chi connectivity index (χ2v) is 2.86. The average Bonchev–Trinajstić information content (AvgIpc) is 2.81. The van der Waals surface area contributed by atoms with Gasteiger partial charge in [0.1, 0.15) is 0 Å². The van der Waals surface area contributed by atoms with Gasteiger partial charge >= 0.3 is 6.03 Å². The van der Waals surface area contributed by atoms with E-state index in [1.807, 2.05) is 7.05 Å². The molecule has 0 heterocycles. The molecule has 3 N–H and O–H groups in total. The van der Waals surface area contributed by atoms with Crippen molar-refractivity contribution in [3.8, 4) is 0 Å². The summed E-state index contributed by atoms with van der Waals surface area (Å²) >= 11 is 0. The average molecular weight is 157 g/mol. The molecule has 0 bridgehead atoms. The van der Waals surface area contributed by atoms with Crippen molar-refractivity contribution in [1.29, 1.82) is 0 Å². The van der Waals surface area contributed by atoms with E-state index >= 15 is 0 Å². The first-order valence-electron chi connectivity index (χ1n) is 3.96. The van der Waals surface area contributed by atoms with E-state index in [2.05, 4.69) is 5.32 Å². The SMILES string of the molecule is CN(C(=O)NCCN)C1CC1. The summed E-state index contributed by atoms with van der Waals surface area (Å²) in [4.78, 5) is 12.9. The van der Waals surface area contributed by atoms with Crippen molar-refractivity contribution in [2.75, 3.05) is 20.1 Å². The van der Waals surface area contributed by atoms with E-state index in [9.17, 15) is 4.79 Å². The van der Waals surface area contributed by atoms with Gasteiger partial charge in [-0.15, -0.1) is 0 Å². The molecule has 0 atom stereocenters. The summed E-state index contributed by atoms with van der Waals surface area (Å²) in [5.41, 5.74) is 5.24. The monoisotopic (exact) mass is 157 g/mol. The third-order valence-electron chi connectivity index (χ3n) is 1.84. The molecule has 2 amide bonds. The number of nitrogens with one attached hydrogen (secondary N) is 1. The maximum Gasteiger partial charge on any atom is 0.317 e. The first kappa shape index (κ1) is 8.33. The molecule has 0 aliphatic heterocycles. The third kappa shape index (κ3) is 2.38. The normalized spacial score (nSPS) is 16.2. The van der Waals surface area contributed by atoms with Crippen molar-refractivity contribution in [2.45, 2.75) is 18.9 Å².